The maximum absolute atomic E-state index is 10.7. The molecule has 3 atom stereocenters. The van der Waals surface area contributed by atoms with E-state index in [1.165, 1.54) is 0 Å². The topological polar surface area (TPSA) is 40.5 Å². The summed E-state index contributed by atoms with van der Waals surface area (Å²) in [5.41, 5.74) is 3.37. The van der Waals surface area contributed by atoms with E-state index in [2.05, 4.69) is 18.8 Å². The fraction of sp³-hybridized carbons (Fsp3) is 0.474. The van der Waals surface area contributed by atoms with Crippen LogP contribution in [0.5, 0.6) is 0 Å². The lowest BCUT2D eigenvalue weighted by Gasteiger charge is -2.30. The summed E-state index contributed by atoms with van der Waals surface area (Å²) >= 11 is 6.50. The first kappa shape index (κ1) is 15.5. The van der Waals surface area contributed by atoms with Crippen molar-refractivity contribution in [2.75, 3.05) is 0 Å². The number of halogens is 1. The van der Waals surface area contributed by atoms with Crippen LogP contribution in [-0.4, -0.2) is 16.3 Å². The lowest BCUT2D eigenvalue weighted by atomic mass is 9.80. The molecule has 0 spiro atoms. The zero-order valence-corrected chi connectivity index (χ0v) is 13.7. The number of aliphatic hydroxyl groups excluding tert-OH is 2. The molecule has 1 fully saturated rings. The molecule has 2 aliphatic carbocycles. The fourth-order valence-electron chi connectivity index (χ4n) is 3.90. The molecule has 2 nitrogen and oxygen atoms in total. The van der Waals surface area contributed by atoms with Crippen LogP contribution in [0.4, 0.5) is 0 Å². The Labute approximate surface area is 136 Å². The van der Waals surface area contributed by atoms with Gasteiger partial charge in [0.25, 0.3) is 0 Å². The Hall–Kier alpha value is -1.43. The smallest absolute Gasteiger partial charge is 0.102 e. The molecule has 0 heterocycles. The van der Waals surface area contributed by atoms with Gasteiger partial charge >= 0.3 is 0 Å². The van der Waals surface area contributed by atoms with Gasteiger partial charge in [-0.25, -0.2) is 0 Å². The number of aliphatic hydroxyl groups is 2. The van der Waals surface area contributed by atoms with Crippen LogP contribution < -0.4 is 0 Å². The van der Waals surface area contributed by atoms with Gasteiger partial charge in [0.2, 0.25) is 0 Å². The normalized spacial score (nSPS) is 26.8. The Kier molecular flexibility index (Phi) is 4.21. The van der Waals surface area contributed by atoms with E-state index in [1.54, 1.807) is 6.92 Å². The maximum atomic E-state index is 10.7. The van der Waals surface area contributed by atoms with E-state index in [0.29, 0.717) is 16.4 Å². The van der Waals surface area contributed by atoms with Crippen molar-refractivity contribution in [3.05, 3.63) is 39.6 Å². The number of allylic oxidation sites excluding steroid dienone is 1. The van der Waals surface area contributed by atoms with Gasteiger partial charge in [-0.2, -0.15) is 0 Å². The molecular weight excluding hydrogens is 296 g/mol. The molecule has 22 heavy (non-hydrogen) atoms. The van der Waals surface area contributed by atoms with Gasteiger partial charge < -0.3 is 10.2 Å². The Balaban J connectivity index is 2.18. The predicted octanol–water partition coefficient (Wildman–Crippen LogP) is 4.33. The number of rotatable bonds is 2. The molecule has 1 saturated carbocycles. The van der Waals surface area contributed by atoms with Crippen LogP contribution in [-0.2, 0) is 6.42 Å². The molecule has 0 radical (unpaired) electrons. The third-order valence-electron chi connectivity index (χ3n) is 4.97. The van der Waals surface area contributed by atoms with Gasteiger partial charge in [0, 0.05) is 27.6 Å². The van der Waals surface area contributed by atoms with E-state index in [4.69, 9.17) is 11.6 Å². The highest BCUT2D eigenvalue weighted by molar-refractivity contribution is 6.32. The molecule has 0 amide bonds. The predicted molar refractivity (Wildman–Crippen MR) is 89.8 cm³/mol. The zero-order valence-electron chi connectivity index (χ0n) is 13.0. The quantitative estimate of drug-likeness (QED) is 0.797. The summed E-state index contributed by atoms with van der Waals surface area (Å²) < 4.78 is 0. The van der Waals surface area contributed by atoms with Gasteiger partial charge in [-0.15, -0.1) is 5.92 Å². The third-order valence-corrected chi connectivity index (χ3v) is 5.27. The molecule has 1 aromatic rings. The minimum absolute atomic E-state index is 0.180. The van der Waals surface area contributed by atoms with Gasteiger partial charge in [-0.1, -0.05) is 24.4 Å². The van der Waals surface area contributed by atoms with E-state index in [-0.39, 0.29) is 11.8 Å². The standard InChI is InChI=1S/C19H21ClO2/c1-3-5-11-8-12(4-2)16(15(20)9-11)17-18(21)13-6-7-14(10-13)19(17)22/h8-9,13-14,18,21-22H,4,6-7,10H2,1-2H3. The number of aryl methyl sites for hydroxylation is 1. The fourth-order valence-corrected chi connectivity index (χ4v) is 4.24. The molecule has 2 aliphatic rings. The molecule has 3 unspecified atom stereocenters. The highest BCUT2D eigenvalue weighted by atomic mass is 35.5. The van der Waals surface area contributed by atoms with Crippen LogP contribution in [0.15, 0.2) is 17.9 Å². The zero-order chi connectivity index (χ0) is 15.9. The molecule has 116 valence electrons. The van der Waals surface area contributed by atoms with Crippen LogP contribution in [0, 0.1) is 23.7 Å². The van der Waals surface area contributed by atoms with Gasteiger partial charge in [0.15, 0.2) is 0 Å². The van der Waals surface area contributed by atoms with Crippen molar-refractivity contribution in [3.63, 3.8) is 0 Å². The van der Waals surface area contributed by atoms with Crippen LogP contribution >= 0.6 is 11.6 Å². The van der Waals surface area contributed by atoms with E-state index >= 15 is 0 Å². The highest BCUT2D eigenvalue weighted by Gasteiger charge is 2.42. The molecule has 0 saturated heterocycles. The lowest BCUT2D eigenvalue weighted by Crippen LogP contribution is -2.26. The van der Waals surface area contributed by atoms with Crippen molar-refractivity contribution in [3.8, 4) is 11.8 Å². The maximum Gasteiger partial charge on any atom is 0.102 e. The largest absolute Gasteiger partial charge is 0.512 e. The molecule has 1 aromatic carbocycles. The van der Waals surface area contributed by atoms with Crippen LogP contribution in [0.3, 0.4) is 0 Å². The summed E-state index contributed by atoms with van der Waals surface area (Å²) in [5.74, 6) is 6.68. The molecule has 2 N–H and O–H groups in total. The number of benzene rings is 1. The van der Waals surface area contributed by atoms with Gasteiger partial charge in [0.1, 0.15) is 5.76 Å². The SMILES string of the molecule is CC#Cc1cc(Cl)c(C2=C(O)C3CCC(C3)C2O)c(CC)c1. The summed E-state index contributed by atoms with van der Waals surface area (Å²) in [6.45, 7) is 3.85. The second-order valence-corrected chi connectivity index (χ2v) is 6.64. The van der Waals surface area contributed by atoms with E-state index in [9.17, 15) is 10.2 Å². The van der Waals surface area contributed by atoms with Crippen molar-refractivity contribution in [1.29, 1.82) is 0 Å². The molecular formula is C19H21ClO2. The van der Waals surface area contributed by atoms with Gasteiger partial charge in [0.05, 0.1) is 6.10 Å². The first-order valence-corrected chi connectivity index (χ1v) is 8.31. The first-order chi connectivity index (χ1) is 10.6. The Morgan fingerprint density at radius 3 is 2.77 bits per heavy atom. The summed E-state index contributed by atoms with van der Waals surface area (Å²) in [6.07, 6.45) is 2.97. The van der Waals surface area contributed by atoms with Crippen molar-refractivity contribution in [2.24, 2.45) is 11.8 Å². The van der Waals surface area contributed by atoms with E-state index < -0.39 is 6.10 Å². The van der Waals surface area contributed by atoms with Gasteiger partial charge in [-0.05, 0) is 56.2 Å². The molecule has 0 aromatic heterocycles. The summed E-state index contributed by atoms with van der Waals surface area (Å²) in [4.78, 5) is 0. The summed E-state index contributed by atoms with van der Waals surface area (Å²) in [5, 5.41) is 21.9. The molecule has 2 bridgehead atoms. The Morgan fingerprint density at radius 1 is 1.32 bits per heavy atom. The van der Waals surface area contributed by atoms with E-state index in [0.717, 1.165) is 42.4 Å². The summed E-state index contributed by atoms with van der Waals surface area (Å²) in [7, 11) is 0. The lowest BCUT2D eigenvalue weighted by molar-refractivity contribution is 0.146. The monoisotopic (exact) mass is 316 g/mol. The van der Waals surface area contributed by atoms with E-state index in [1.807, 2.05) is 12.1 Å². The average Bonchev–Trinajstić information content (AvgIpc) is 2.94. The molecule has 3 rings (SSSR count). The molecule has 3 heteroatoms. The highest BCUT2D eigenvalue weighted by Crippen LogP contribution is 2.49. The van der Waals surface area contributed by atoms with Crippen LogP contribution in [0.1, 0.15) is 49.8 Å². The number of hydrogen-bond donors (Lipinski definition) is 2. The number of fused-ring (bicyclic) bond motifs is 2. The Bertz CT molecular complexity index is 693. The first-order valence-electron chi connectivity index (χ1n) is 7.93. The summed E-state index contributed by atoms with van der Waals surface area (Å²) in [6, 6.07) is 3.84. The number of hydrogen-bond acceptors (Lipinski definition) is 2. The minimum Gasteiger partial charge on any atom is -0.512 e. The van der Waals surface area contributed by atoms with Crippen molar-refractivity contribution in [1.82, 2.24) is 0 Å². The van der Waals surface area contributed by atoms with Crippen LogP contribution in [0.25, 0.3) is 5.57 Å². The molecule has 0 aliphatic heterocycles. The second-order valence-electron chi connectivity index (χ2n) is 6.23. The third kappa shape index (κ3) is 2.43. The Morgan fingerprint density at radius 2 is 2.09 bits per heavy atom. The second kappa shape index (κ2) is 5.99. The average molecular weight is 317 g/mol. The van der Waals surface area contributed by atoms with Crippen LogP contribution in [0.2, 0.25) is 5.02 Å². The van der Waals surface area contributed by atoms with Crippen molar-refractivity contribution in [2.45, 2.75) is 45.6 Å². The van der Waals surface area contributed by atoms with Gasteiger partial charge in [-0.3, -0.25) is 0 Å². The van der Waals surface area contributed by atoms with Crippen molar-refractivity contribution < 1.29 is 10.2 Å². The van der Waals surface area contributed by atoms with Crippen molar-refractivity contribution >= 4 is 17.2 Å². The minimum atomic E-state index is -0.621.